The van der Waals surface area contributed by atoms with Crippen LogP contribution < -0.4 is 16.0 Å². The Kier molecular flexibility index (Phi) is 8.52. The van der Waals surface area contributed by atoms with Crippen LogP contribution in [0.2, 0.25) is 0 Å². The van der Waals surface area contributed by atoms with Crippen LogP contribution in [-0.2, 0) is 12.0 Å². The summed E-state index contributed by atoms with van der Waals surface area (Å²) in [5.41, 5.74) is 15.3. The van der Waals surface area contributed by atoms with E-state index in [1.807, 2.05) is 13.1 Å². The molecule has 4 nitrogen and oxygen atoms in total. The van der Waals surface area contributed by atoms with Gasteiger partial charge in [-0.15, -0.1) is 0 Å². The van der Waals surface area contributed by atoms with Gasteiger partial charge in [0.1, 0.15) is 11.2 Å². The van der Waals surface area contributed by atoms with Crippen LogP contribution in [0.25, 0.3) is 55.3 Å². The molecule has 0 saturated carbocycles. The molecular weight excluding hydrogens is 647 g/mol. The molecule has 260 valence electrons. The first-order chi connectivity index (χ1) is 26.0. The highest BCUT2D eigenvalue weighted by molar-refractivity contribution is 6.10. The summed E-state index contributed by atoms with van der Waals surface area (Å²) in [6.45, 7) is 5.48. The van der Waals surface area contributed by atoms with Gasteiger partial charge in [-0.1, -0.05) is 159 Å². The van der Waals surface area contributed by atoms with Gasteiger partial charge in [-0.2, -0.15) is 0 Å². The van der Waals surface area contributed by atoms with E-state index in [1.165, 1.54) is 50.1 Å². The second-order valence-electron chi connectivity index (χ2n) is 14.7. The van der Waals surface area contributed by atoms with Gasteiger partial charge in [-0.05, 0) is 80.9 Å². The zero-order valence-corrected chi connectivity index (χ0v) is 30.4. The van der Waals surface area contributed by atoms with Gasteiger partial charge in [0.15, 0.2) is 0 Å². The summed E-state index contributed by atoms with van der Waals surface area (Å²) in [6, 6.07) is 58.7. The molecule has 2 unspecified atom stereocenters. The first kappa shape index (κ1) is 33.1. The molecule has 0 radical (unpaired) electrons. The topological polar surface area (TPSA) is 49.2 Å². The first-order valence-corrected chi connectivity index (χ1v) is 18.5. The van der Waals surface area contributed by atoms with Crippen LogP contribution >= 0.6 is 0 Å². The predicted molar refractivity (Wildman–Crippen MR) is 220 cm³/mol. The summed E-state index contributed by atoms with van der Waals surface area (Å²) in [6.07, 6.45) is -0.118. The van der Waals surface area contributed by atoms with E-state index in [1.54, 1.807) is 0 Å². The van der Waals surface area contributed by atoms with Crippen molar-refractivity contribution in [1.82, 2.24) is 16.0 Å². The number of rotatable bonds is 10. The third-order valence-corrected chi connectivity index (χ3v) is 11.1. The maximum absolute atomic E-state index is 6.49. The molecule has 7 aromatic carbocycles. The van der Waals surface area contributed by atoms with E-state index in [0.29, 0.717) is 0 Å². The molecule has 0 fully saturated rings. The largest absolute Gasteiger partial charge is 0.455 e. The first-order valence-electron chi connectivity index (χ1n) is 18.5. The van der Waals surface area contributed by atoms with E-state index >= 15 is 0 Å². The maximum atomic E-state index is 6.49. The van der Waals surface area contributed by atoms with E-state index in [0.717, 1.165) is 39.6 Å². The molecule has 1 aliphatic carbocycles. The lowest BCUT2D eigenvalue weighted by Crippen LogP contribution is -2.41. The highest BCUT2D eigenvalue weighted by Gasteiger charge is 2.36. The number of fused-ring (bicyclic) bond motifs is 6. The fourth-order valence-corrected chi connectivity index (χ4v) is 8.18. The predicted octanol–water partition coefficient (Wildman–Crippen LogP) is 11.5. The summed E-state index contributed by atoms with van der Waals surface area (Å²) >= 11 is 0. The molecule has 0 amide bonds. The van der Waals surface area contributed by atoms with E-state index in [9.17, 15) is 0 Å². The molecule has 0 bridgehead atoms. The molecular formula is C49H43N3O. The van der Waals surface area contributed by atoms with Crippen LogP contribution in [0.1, 0.15) is 54.0 Å². The minimum atomic E-state index is -0.170. The minimum Gasteiger partial charge on any atom is -0.455 e. The molecule has 0 spiro atoms. The van der Waals surface area contributed by atoms with Crippen molar-refractivity contribution in [1.29, 1.82) is 0 Å². The Labute approximate surface area is 311 Å². The molecule has 8 aromatic rings. The van der Waals surface area contributed by atoms with Crippen molar-refractivity contribution in [2.45, 2.75) is 38.1 Å². The van der Waals surface area contributed by atoms with Gasteiger partial charge in [-0.25, -0.2) is 0 Å². The Morgan fingerprint density at radius 1 is 0.528 bits per heavy atom. The zero-order valence-electron chi connectivity index (χ0n) is 30.4. The molecule has 53 heavy (non-hydrogen) atoms. The number of para-hydroxylation sites is 1. The van der Waals surface area contributed by atoms with Gasteiger partial charge in [-0.3, -0.25) is 10.6 Å². The molecule has 1 aliphatic rings. The fraction of sp³-hybridized carbons (Fsp3) is 0.143. The second kappa shape index (κ2) is 13.6. The van der Waals surface area contributed by atoms with Crippen LogP contribution in [0, 0.1) is 0 Å². The van der Waals surface area contributed by atoms with Gasteiger partial charge in [0, 0.05) is 28.3 Å². The number of benzene rings is 7. The molecule has 0 aliphatic heterocycles. The average molecular weight is 690 g/mol. The summed E-state index contributed by atoms with van der Waals surface area (Å²) < 4.78 is 6.49. The lowest BCUT2D eigenvalue weighted by atomic mass is 9.81. The monoisotopic (exact) mass is 689 g/mol. The standard InChI is InChI=1S/C49H43N3O/c1-49(2)43-29-36(35-24-27-45-42(28-35)41-21-13-20-38(46(41)53-45)33-16-9-5-10-17-33)22-25-39(43)40-26-23-37(30-44(40)49)47(50-3)52-48(34-18-11-6-12-19-34)51-31-32-14-7-4-8-15-32/h4-30,47-48,50-52H,31H2,1-3H3. The number of hydrogen-bond donors (Lipinski definition) is 3. The van der Waals surface area contributed by atoms with Crippen LogP contribution in [0.3, 0.4) is 0 Å². The van der Waals surface area contributed by atoms with Crippen molar-refractivity contribution in [3.8, 4) is 33.4 Å². The molecule has 3 N–H and O–H groups in total. The van der Waals surface area contributed by atoms with Crippen molar-refractivity contribution in [3.05, 3.63) is 192 Å². The summed E-state index contributed by atoms with van der Waals surface area (Å²) in [4.78, 5) is 0. The van der Waals surface area contributed by atoms with E-state index in [2.05, 4.69) is 188 Å². The van der Waals surface area contributed by atoms with E-state index in [4.69, 9.17) is 4.42 Å². The Morgan fingerprint density at radius 3 is 1.94 bits per heavy atom. The summed E-state index contributed by atoms with van der Waals surface area (Å²) in [7, 11) is 2.03. The van der Waals surface area contributed by atoms with Crippen LogP contribution in [0.5, 0.6) is 0 Å². The quantitative estimate of drug-likeness (QED) is 0.125. The third-order valence-electron chi connectivity index (χ3n) is 11.1. The zero-order chi connectivity index (χ0) is 35.9. The fourth-order valence-electron chi connectivity index (χ4n) is 8.18. The molecule has 9 rings (SSSR count). The normalized spacial score (nSPS) is 14.2. The molecule has 0 saturated heterocycles. The van der Waals surface area contributed by atoms with Crippen molar-refractivity contribution in [2.24, 2.45) is 0 Å². The molecule has 4 heteroatoms. The minimum absolute atomic E-state index is 0.0514. The van der Waals surface area contributed by atoms with Gasteiger partial charge in [0.2, 0.25) is 0 Å². The highest BCUT2D eigenvalue weighted by Crippen LogP contribution is 2.50. The van der Waals surface area contributed by atoms with Gasteiger partial charge in [0.05, 0.1) is 12.3 Å². The summed E-state index contributed by atoms with van der Waals surface area (Å²) in [5, 5.41) is 13.5. The van der Waals surface area contributed by atoms with E-state index < -0.39 is 0 Å². The van der Waals surface area contributed by atoms with Crippen LogP contribution in [-0.4, -0.2) is 7.05 Å². The Morgan fingerprint density at radius 2 is 1.19 bits per heavy atom. The highest BCUT2D eigenvalue weighted by atomic mass is 16.3. The molecule has 2 atom stereocenters. The second-order valence-corrected chi connectivity index (χ2v) is 14.7. The number of nitrogens with one attached hydrogen (secondary N) is 3. The Bertz CT molecular complexity index is 2560. The van der Waals surface area contributed by atoms with Crippen LogP contribution in [0.15, 0.2) is 168 Å². The van der Waals surface area contributed by atoms with Gasteiger partial charge in [0.25, 0.3) is 0 Å². The molecule has 1 aromatic heterocycles. The third kappa shape index (κ3) is 6.05. The SMILES string of the molecule is CNC(NC(NCc1ccccc1)c1ccccc1)c1ccc2c(c1)C(C)(C)c1cc(-c3ccc4oc5c(-c6ccccc6)cccc5c4c3)ccc1-2. The lowest BCUT2D eigenvalue weighted by Gasteiger charge is -2.29. The average Bonchev–Trinajstić information content (AvgIpc) is 3.70. The Hall–Kier alpha value is -5.78. The summed E-state index contributed by atoms with van der Waals surface area (Å²) in [5.74, 6) is 0. The van der Waals surface area contributed by atoms with Gasteiger partial charge < -0.3 is 9.73 Å². The van der Waals surface area contributed by atoms with Crippen molar-refractivity contribution in [2.75, 3.05) is 7.05 Å². The Balaban J connectivity index is 1.02. The lowest BCUT2D eigenvalue weighted by molar-refractivity contribution is 0.353. The number of hydrogen-bond acceptors (Lipinski definition) is 4. The van der Waals surface area contributed by atoms with Crippen molar-refractivity contribution >= 4 is 21.9 Å². The number of furan rings is 1. The van der Waals surface area contributed by atoms with Gasteiger partial charge >= 0.3 is 0 Å². The van der Waals surface area contributed by atoms with Crippen LogP contribution in [0.4, 0.5) is 0 Å². The maximum Gasteiger partial charge on any atom is 0.143 e. The smallest absolute Gasteiger partial charge is 0.143 e. The molecule has 1 heterocycles. The van der Waals surface area contributed by atoms with Crippen molar-refractivity contribution < 1.29 is 4.42 Å². The van der Waals surface area contributed by atoms with Crippen molar-refractivity contribution in [3.63, 3.8) is 0 Å². The van der Waals surface area contributed by atoms with E-state index in [-0.39, 0.29) is 17.7 Å².